The molecule has 0 radical (unpaired) electrons. The van der Waals surface area contributed by atoms with E-state index >= 15 is 0 Å². The second-order valence-electron chi connectivity index (χ2n) is 7.46. The van der Waals surface area contributed by atoms with Crippen LogP contribution < -0.4 is 0 Å². The summed E-state index contributed by atoms with van der Waals surface area (Å²) in [6.45, 7) is 1.52. The topological polar surface area (TPSA) is 46.6 Å². The Kier molecular flexibility index (Phi) is 4.73. The number of ether oxygens (including phenoxy) is 1. The number of alkyl halides is 2. The van der Waals surface area contributed by atoms with Crippen molar-refractivity contribution in [3.8, 4) is 0 Å². The molecular formula is C23H21F2NO3. The fourth-order valence-corrected chi connectivity index (χ4v) is 4.29. The van der Waals surface area contributed by atoms with Crippen molar-refractivity contribution in [3.05, 3.63) is 83.6 Å². The minimum absolute atomic E-state index is 0.261. The summed E-state index contributed by atoms with van der Waals surface area (Å²) >= 11 is 0. The highest BCUT2D eigenvalue weighted by Crippen LogP contribution is 2.63. The quantitative estimate of drug-likeness (QED) is 0.564. The monoisotopic (exact) mass is 397 g/mol. The van der Waals surface area contributed by atoms with Crippen LogP contribution in [0.1, 0.15) is 28.8 Å². The molecule has 1 fully saturated rings. The number of ketones is 1. The number of benzene rings is 2. The highest BCUT2D eigenvalue weighted by molar-refractivity contribution is 6.10. The molecule has 2 aromatic rings. The molecule has 4 unspecified atom stereocenters. The van der Waals surface area contributed by atoms with Crippen molar-refractivity contribution in [2.45, 2.75) is 30.8 Å². The number of allylic oxidation sites excluding steroid dienone is 1. The van der Waals surface area contributed by atoms with Gasteiger partial charge in [0.1, 0.15) is 12.1 Å². The van der Waals surface area contributed by atoms with Crippen LogP contribution in [0.5, 0.6) is 0 Å². The van der Waals surface area contributed by atoms with Gasteiger partial charge in [-0.05, 0) is 12.5 Å². The maximum atomic E-state index is 14.9. The standard InChI is InChI=1S/C23H21F2NO3/c1-14(22(28)29-2)26-13-17(20(27)16-11-7-4-8-12-16)18(15-9-5-3-6-10-15)19-21(26)23(19,24)25/h3-14,18-19,21H,1-2H3. The number of esters is 1. The van der Waals surface area contributed by atoms with Crippen molar-refractivity contribution in [1.29, 1.82) is 0 Å². The molecular weight excluding hydrogens is 376 g/mol. The van der Waals surface area contributed by atoms with Gasteiger partial charge in [0, 0.05) is 23.3 Å². The number of hydrogen-bond donors (Lipinski definition) is 0. The van der Waals surface area contributed by atoms with Gasteiger partial charge in [0.25, 0.3) is 5.92 Å². The first-order chi connectivity index (χ1) is 13.9. The number of halogens is 2. The predicted molar refractivity (Wildman–Crippen MR) is 104 cm³/mol. The van der Waals surface area contributed by atoms with Crippen LogP contribution in [0.2, 0.25) is 0 Å². The van der Waals surface area contributed by atoms with Gasteiger partial charge in [-0.15, -0.1) is 0 Å². The van der Waals surface area contributed by atoms with E-state index in [0.717, 1.165) is 0 Å². The number of fused-ring (bicyclic) bond motifs is 1. The van der Waals surface area contributed by atoms with Gasteiger partial charge in [-0.1, -0.05) is 60.7 Å². The first-order valence-corrected chi connectivity index (χ1v) is 9.47. The lowest BCUT2D eigenvalue weighted by molar-refractivity contribution is -0.145. The van der Waals surface area contributed by atoms with E-state index < -0.39 is 35.8 Å². The van der Waals surface area contributed by atoms with E-state index in [-0.39, 0.29) is 11.4 Å². The Morgan fingerprint density at radius 2 is 1.62 bits per heavy atom. The minimum atomic E-state index is -3.02. The van der Waals surface area contributed by atoms with Gasteiger partial charge < -0.3 is 9.64 Å². The zero-order chi connectivity index (χ0) is 20.8. The Balaban J connectivity index is 1.84. The van der Waals surface area contributed by atoms with Crippen molar-refractivity contribution in [3.63, 3.8) is 0 Å². The van der Waals surface area contributed by atoms with Crippen molar-refractivity contribution in [2.24, 2.45) is 5.92 Å². The lowest BCUT2D eigenvalue weighted by atomic mass is 9.81. The maximum Gasteiger partial charge on any atom is 0.328 e. The van der Waals surface area contributed by atoms with E-state index in [1.807, 2.05) is 6.07 Å². The molecule has 0 bridgehead atoms. The molecule has 1 aliphatic heterocycles. The number of Topliss-reactive ketones (excluding diaryl/α,β-unsaturated/α-hetero) is 1. The average molecular weight is 397 g/mol. The van der Waals surface area contributed by atoms with Crippen LogP contribution in [0.3, 0.4) is 0 Å². The lowest BCUT2D eigenvalue weighted by Crippen LogP contribution is -2.42. The van der Waals surface area contributed by atoms with E-state index in [1.165, 1.54) is 25.1 Å². The second-order valence-corrected chi connectivity index (χ2v) is 7.46. The largest absolute Gasteiger partial charge is 0.467 e. The summed E-state index contributed by atoms with van der Waals surface area (Å²) < 4.78 is 34.6. The van der Waals surface area contributed by atoms with Crippen LogP contribution in [0.4, 0.5) is 8.78 Å². The molecule has 4 nitrogen and oxygen atoms in total. The van der Waals surface area contributed by atoms with Crippen LogP contribution in [-0.2, 0) is 9.53 Å². The van der Waals surface area contributed by atoms with Gasteiger partial charge in [-0.3, -0.25) is 4.79 Å². The molecule has 0 amide bonds. The van der Waals surface area contributed by atoms with Crippen LogP contribution in [-0.4, -0.2) is 41.8 Å². The zero-order valence-corrected chi connectivity index (χ0v) is 16.1. The SMILES string of the molecule is COC(=O)C(C)N1C=C(C(=O)c2ccccc2)C(c2ccccc2)C2C1C2(F)F. The van der Waals surface area contributed by atoms with Gasteiger partial charge >= 0.3 is 5.97 Å². The number of hydrogen-bond acceptors (Lipinski definition) is 4. The zero-order valence-electron chi connectivity index (χ0n) is 16.1. The van der Waals surface area contributed by atoms with Gasteiger partial charge in [-0.25, -0.2) is 13.6 Å². The third kappa shape index (κ3) is 3.12. The molecule has 4 atom stereocenters. The first-order valence-electron chi connectivity index (χ1n) is 9.47. The van der Waals surface area contributed by atoms with Gasteiger partial charge in [0.15, 0.2) is 5.78 Å². The molecule has 29 heavy (non-hydrogen) atoms. The molecule has 0 spiro atoms. The smallest absolute Gasteiger partial charge is 0.328 e. The first kappa shape index (κ1) is 19.3. The summed E-state index contributed by atoms with van der Waals surface area (Å²) in [5.74, 6) is -5.78. The third-order valence-electron chi connectivity index (χ3n) is 5.82. The lowest BCUT2D eigenvalue weighted by Gasteiger charge is -2.33. The summed E-state index contributed by atoms with van der Waals surface area (Å²) in [4.78, 5) is 26.7. The molecule has 150 valence electrons. The molecule has 2 aliphatic rings. The van der Waals surface area contributed by atoms with Gasteiger partial charge in [0.2, 0.25) is 0 Å². The fourth-order valence-electron chi connectivity index (χ4n) is 4.29. The van der Waals surface area contributed by atoms with Gasteiger partial charge in [-0.2, -0.15) is 0 Å². The van der Waals surface area contributed by atoms with E-state index in [4.69, 9.17) is 4.74 Å². The predicted octanol–water partition coefficient (Wildman–Crippen LogP) is 4.05. The maximum absolute atomic E-state index is 14.9. The summed E-state index contributed by atoms with van der Waals surface area (Å²) in [6.07, 6.45) is 1.44. The molecule has 1 aliphatic carbocycles. The molecule has 1 saturated carbocycles. The van der Waals surface area contributed by atoms with E-state index in [2.05, 4.69) is 0 Å². The molecule has 0 N–H and O–H groups in total. The molecule has 2 aromatic carbocycles. The van der Waals surface area contributed by atoms with Crippen LogP contribution in [0.25, 0.3) is 0 Å². The third-order valence-corrected chi connectivity index (χ3v) is 5.82. The van der Waals surface area contributed by atoms with Crippen molar-refractivity contribution in [1.82, 2.24) is 4.90 Å². The number of rotatable bonds is 5. The Morgan fingerprint density at radius 3 is 2.21 bits per heavy atom. The molecule has 4 rings (SSSR count). The Hall–Kier alpha value is -3.02. The Bertz CT molecular complexity index is 959. The second kappa shape index (κ2) is 7.10. The summed E-state index contributed by atoms with van der Waals surface area (Å²) in [6, 6.07) is 15.4. The fraction of sp³-hybridized carbons (Fsp3) is 0.304. The van der Waals surface area contributed by atoms with Crippen molar-refractivity contribution >= 4 is 11.8 Å². The Labute approximate surface area is 167 Å². The number of nitrogens with zero attached hydrogens (tertiary/aromatic N) is 1. The van der Waals surface area contributed by atoms with E-state index in [0.29, 0.717) is 11.1 Å². The summed E-state index contributed by atoms with van der Waals surface area (Å²) in [5, 5.41) is 0. The van der Waals surface area contributed by atoms with Crippen molar-refractivity contribution in [2.75, 3.05) is 7.11 Å². The molecule has 0 saturated heterocycles. The summed E-state index contributed by atoms with van der Waals surface area (Å²) in [7, 11) is 1.22. The van der Waals surface area contributed by atoms with E-state index in [1.54, 1.807) is 54.6 Å². The molecule has 1 heterocycles. The van der Waals surface area contributed by atoms with Gasteiger partial charge in [0.05, 0.1) is 13.0 Å². The average Bonchev–Trinajstić information content (AvgIpc) is 3.34. The van der Waals surface area contributed by atoms with E-state index in [9.17, 15) is 18.4 Å². The normalized spacial score (nSPS) is 25.4. The highest BCUT2D eigenvalue weighted by atomic mass is 19.3. The Morgan fingerprint density at radius 1 is 1.03 bits per heavy atom. The van der Waals surface area contributed by atoms with Crippen LogP contribution >= 0.6 is 0 Å². The van der Waals surface area contributed by atoms with Crippen LogP contribution in [0, 0.1) is 5.92 Å². The molecule has 6 heteroatoms. The number of methoxy groups -OCH3 is 1. The summed E-state index contributed by atoms with van der Waals surface area (Å²) in [5.41, 5.74) is 1.35. The molecule has 0 aromatic heterocycles. The number of carbonyl (C=O) groups is 2. The minimum Gasteiger partial charge on any atom is -0.467 e. The number of carbonyl (C=O) groups excluding carboxylic acids is 2. The van der Waals surface area contributed by atoms with Crippen LogP contribution in [0.15, 0.2) is 72.4 Å². The van der Waals surface area contributed by atoms with Crippen molar-refractivity contribution < 1.29 is 23.1 Å². The highest BCUT2D eigenvalue weighted by Gasteiger charge is 2.76.